The highest BCUT2D eigenvalue weighted by Gasteiger charge is 2.18. The fourth-order valence-electron chi connectivity index (χ4n) is 1.99. The molecule has 0 saturated carbocycles. The van der Waals surface area contributed by atoms with Gasteiger partial charge in [0, 0.05) is 25.2 Å². The zero-order valence-corrected chi connectivity index (χ0v) is 11.2. The molecule has 1 N–H and O–H groups in total. The summed E-state index contributed by atoms with van der Waals surface area (Å²) in [6.45, 7) is 7.89. The van der Waals surface area contributed by atoms with Crippen LogP contribution in [0.2, 0.25) is 0 Å². The van der Waals surface area contributed by atoms with Crippen molar-refractivity contribution in [1.82, 2.24) is 20.1 Å². The molecule has 0 radical (unpaired) electrons. The lowest BCUT2D eigenvalue weighted by molar-refractivity contribution is 0.518. The molecule has 0 fully saturated rings. The Kier molecular flexibility index (Phi) is 4.15. The predicted octanol–water partition coefficient (Wildman–Crippen LogP) is 2.29. The Morgan fingerprint density at radius 3 is 2.89 bits per heavy atom. The fraction of sp³-hybridized carbons (Fsp3) is 0.538. The van der Waals surface area contributed by atoms with Gasteiger partial charge in [0.15, 0.2) is 5.89 Å². The molecule has 2 heterocycles. The maximum Gasteiger partial charge on any atom is 0.191 e. The Hall–Kier alpha value is -1.62. The first-order chi connectivity index (χ1) is 8.74. The van der Waals surface area contributed by atoms with Crippen LogP contribution in [0.5, 0.6) is 0 Å². The monoisotopic (exact) mass is 248 g/mol. The van der Waals surface area contributed by atoms with Crippen LogP contribution in [-0.2, 0) is 6.54 Å². The Morgan fingerprint density at radius 2 is 2.28 bits per heavy atom. The lowest BCUT2D eigenvalue weighted by Crippen LogP contribution is -2.22. The Labute approximate surface area is 107 Å². The van der Waals surface area contributed by atoms with Crippen molar-refractivity contribution < 1.29 is 4.42 Å². The van der Waals surface area contributed by atoms with Gasteiger partial charge in [-0.1, -0.05) is 13.8 Å². The highest BCUT2D eigenvalue weighted by molar-refractivity contribution is 5.21. The molecule has 0 aliphatic rings. The molecular formula is C13H20N4O. The number of aryl methyl sites for hydroxylation is 2. The van der Waals surface area contributed by atoms with Gasteiger partial charge in [0.2, 0.25) is 0 Å². The summed E-state index contributed by atoms with van der Waals surface area (Å²) in [7, 11) is 0. The quantitative estimate of drug-likeness (QED) is 0.852. The summed E-state index contributed by atoms with van der Waals surface area (Å²) < 4.78 is 7.25. The molecule has 1 atom stereocenters. The molecular weight excluding hydrogens is 228 g/mol. The van der Waals surface area contributed by atoms with E-state index in [0.29, 0.717) is 5.89 Å². The van der Waals surface area contributed by atoms with Gasteiger partial charge in [0.05, 0.1) is 12.2 Å². The van der Waals surface area contributed by atoms with E-state index in [9.17, 15) is 0 Å². The number of hydrogen-bond acceptors (Lipinski definition) is 4. The summed E-state index contributed by atoms with van der Waals surface area (Å²) in [4.78, 5) is 4.40. The van der Waals surface area contributed by atoms with Gasteiger partial charge < -0.3 is 9.73 Å². The maximum absolute atomic E-state index is 5.29. The van der Waals surface area contributed by atoms with Gasteiger partial charge in [0.1, 0.15) is 12.0 Å². The van der Waals surface area contributed by atoms with Gasteiger partial charge in [-0.2, -0.15) is 5.10 Å². The minimum absolute atomic E-state index is 0.0538. The molecule has 0 saturated heterocycles. The molecule has 98 valence electrons. The normalized spacial score (nSPS) is 12.8. The second kappa shape index (κ2) is 5.82. The second-order valence-electron chi connectivity index (χ2n) is 4.32. The van der Waals surface area contributed by atoms with Crippen LogP contribution < -0.4 is 5.32 Å². The molecule has 2 aromatic heterocycles. The maximum atomic E-state index is 5.29. The Morgan fingerprint density at radius 1 is 1.44 bits per heavy atom. The van der Waals surface area contributed by atoms with Crippen molar-refractivity contribution in [3.63, 3.8) is 0 Å². The first kappa shape index (κ1) is 12.8. The minimum Gasteiger partial charge on any atom is -0.449 e. The third-order valence-corrected chi connectivity index (χ3v) is 2.78. The third kappa shape index (κ3) is 2.79. The van der Waals surface area contributed by atoms with Gasteiger partial charge in [-0.15, -0.1) is 0 Å². The Bertz CT molecular complexity index is 489. The molecule has 0 aromatic carbocycles. The second-order valence-corrected chi connectivity index (χ2v) is 4.32. The first-order valence-electron chi connectivity index (χ1n) is 6.42. The lowest BCUT2D eigenvalue weighted by atomic mass is 10.1. The van der Waals surface area contributed by atoms with Crippen molar-refractivity contribution in [1.29, 1.82) is 0 Å². The number of hydrogen-bond donors (Lipinski definition) is 1. The smallest absolute Gasteiger partial charge is 0.191 e. The van der Waals surface area contributed by atoms with E-state index < -0.39 is 0 Å². The first-order valence-corrected chi connectivity index (χ1v) is 6.42. The predicted molar refractivity (Wildman–Crippen MR) is 69.3 cm³/mol. The van der Waals surface area contributed by atoms with Gasteiger partial charge >= 0.3 is 0 Å². The summed E-state index contributed by atoms with van der Waals surface area (Å²) >= 11 is 0. The van der Waals surface area contributed by atoms with Crippen LogP contribution in [0.4, 0.5) is 0 Å². The van der Waals surface area contributed by atoms with Crippen LogP contribution in [0.1, 0.15) is 43.5 Å². The van der Waals surface area contributed by atoms with Crippen molar-refractivity contribution >= 4 is 0 Å². The fourth-order valence-corrected chi connectivity index (χ4v) is 1.99. The molecule has 1 unspecified atom stereocenters. The van der Waals surface area contributed by atoms with Crippen molar-refractivity contribution in [2.24, 2.45) is 0 Å². The number of aromatic nitrogens is 3. The van der Waals surface area contributed by atoms with E-state index >= 15 is 0 Å². The average molecular weight is 248 g/mol. The topological polar surface area (TPSA) is 55.9 Å². The van der Waals surface area contributed by atoms with E-state index in [1.54, 1.807) is 6.26 Å². The van der Waals surface area contributed by atoms with E-state index in [1.807, 2.05) is 17.8 Å². The highest BCUT2D eigenvalue weighted by Crippen LogP contribution is 2.21. The molecule has 0 aliphatic heterocycles. The van der Waals surface area contributed by atoms with Gasteiger partial charge in [0.25, 0.3) is 0 Å². The van der Waals surface area contributed by atoms with Crippen molar-refractivity contribution in [3.8, 4) is 0 Å². The van der Waals surface area contributed by atoms with Crippen LogP contribution in [0.25, 0.3) is 0 Å². The van der Waals surface area contributed by atoms with Crippen molar-refractivity contribution in [3.05, 3.63) is 35.8 Å². The average Bonchev–Trinajstić information content (AvgIpc) is 2.96. The van der Waals surface area contributed by atoms with Crippen LogP contribution in [0.15, 0.2) is 23.1 Å². The number of nitrogens with zero attached hydrogens (tertiary/aromatic N) is 3. The summed E-state index contributed by atoms with van der Waals surface area (Å²) in [5.74, 6) is 0.689. The number of oxazole rings is 1. The van der Waals surface area contributed by atoms with Crippen molar-refractivity contribution in [2.75, 3.05) is 6.54 Å². The van der Waals surface area contributed by atoms with E-state index in [1.165, 1.54) is 0 Å². The van der Waals surface area contributed by atoms with Crippen molar-refractivity contribution in [2.45, 2.75) is 39.8 Å². The van der Waals surface area contributed by atoms with Gasteiger partial charge in [-0.05, 0) is 13.0 Å². The summed E-state index contributed by atoms with van der Waals surface area (Å²) in [5.41, 5.74) is 2.03. The summed E-state index contributed by atoms with van der Waals surface area (Å²) in [6, 6.07) is 0.0538. The van der Waals surface area contributed by atoms with E-state index in [0.717, 1.165) is 30.8 Å². The SMILES string of the molecule is CCCn1cc(C(NCC)c2coc(C)n2)cn1. The van der Waals surface area contributed by atoms with Gasteiger partial charge in [-0.3, -0.25) is 4.68 Å². The van der Waals surface area contributed by atoms with E-state index in [4.69, 9.17) is 4.42 Å². The standard InChI is InChI=1S/C13H20N4O/c1-4-6-17-8-11(7-15-17)13(14-5-2)12-9-18-10(3)16-12/h7-9,13-14H,4-6H2,1-3H3. The molecule has 18 heavy (non-hydrogen) atoms. The largest absolute Gasteiger partial charge is 0.449 e. The summed E-state index contributed by atoms with van der Waals surface area (Å²) in [6.07, 6.45) is 6.75. The number of rotatable bonds is 6. The molecule has 0 aliphatic carbocycles. The molecule has 0 spiro atoms. The van der Waals surface area contributed by atoms with Crippen LogP contribution >= 0.6 is 0 Å². The Balaban J connectivity index is 2.23. The van der Waals surface area contributed by atoms with Gasteiger partial charge in [-0.25, -0.2) is 4.98 Å². The molecule has 5 nitrogen and oxygen atoms in total. The van der Waals surface area contributed by atoms with E-state index in [2.05, 4.69) is 35.4 Å². The molecule has 5 heteroatoms. The molecule has 0 bridgehead atoms. The third-order valence-electron chi connectivity index (χ3n) is 2.78. The molecule has 2 aromatic rings. The zero-order valence-electron chi connectivity index (χ0n) is 11.2. The minimum atomic E-state index is 0.0538. The molecule has 2 rings (SSSR count). The van der Waals surface area contributed by atoms with Crippen LogP contribution in [0, 0.1) is 6.92 Å². The number of nitrogens with one attached hydrogen (secondary N) is 1. The van der Waals surface area contributed by atoms with Crippen LogP contribution in [0.3, 0.4) is 0 Å². The lowest BCUT2D eigenvalue weighted by Gasteiger charge is -2.12. The van der Waals surface area contributed by atoms with Crippen LogP contribution in [-0.4, -0.2) is 21.3 Å². The zero-order chi connectivity index (χ0) is 13.0. The summed E-state index contributed by atoms with van der Waals surface area (Å²) in [5, 5.41) is 7.77. The highest BCUT2D eigenvalue weighted by atomic mass is 16.3. The van der Waals surface area contributed by atoms with E-state index in [-0.39, 0.29) is 6.04 Å². The molecule has 0 amide bonds.